The second kappa shape index (κ2) is 9.37. The summed E-state index contributed by atoms with van der Waals surface area (Å²) in [5, 5.41) is 1.82. The van der Waals surface area contributed by atoms with Crippen LogP contribution in [0.3, 0.4) is 0 Å². The molecule has 4 heteroatoms. The number of nitrogens with zero attached hydrogens (tertiary/aromatic N) is 1. The minimum Gasteiger partial charge on any atom is -0.341 e. The van der Waals surface area contributed by atoms with Gasteiger partial charge in [-0.15, -0.1) is 11.3 Å². The van der Waals surface area contributed by atoms with Gasteiger partial charge in [-0.3, -0.25) is 9.59 Å². The Hall–Kier alpha value is -4.80. The molecule has 46 heavy (non-hydrogen) atoms. The lowest BCUT2D eigenvalue weighted by Crippen LogP contribution is -2.33. The Bertz CT molecular complexity index is 2170. The highest BCUT2D eigenvalue weighted by Crippen LogP contribution is 2.66. The van der Waals surface area contributed by atoms with Crippen molar-refractivity contribution in [1.82, 2.24) is 0 Å². The molecular weight excluding hydrogens is 583 g/mol. The molecule has 4 aromatic carbocycles. The monoisotopic (exact) mass is 615 g/mol. The quantitative estimate of drug-likeness (QED) is 0.147. The average molecular weight is 616 g/mol. The fourth-order valence-electron chi connectivity index (χ4n) is 8.90. The van der Waals surface area contributed by atoms with Crippen LogP contribution >= 0.6 is 11.3 Å². The topological polar surface area (TPSA) is 37.4 Å². The van der Waals surface area contributed by atoms with Crippen molar-refractivity contribution in [3.8, 4) is 22.3 Å². The summed E-state index contributed by atoms with van der Waals surface area (Å²) < 4.78 is 0. The lowest BCUT2D eigenvalue weighted by Gasteiger charge is -2.32. The zero-order valence-corrected chi connectivity index (χ0v) is 27.2. The lowest BCUT2D eigenvalue weighted by molar-refractivity contribution is 0.0989. The van der Waals surface area contributed by atoms with Crippen molar-refractivity contribution < 1.29 is 9.59 Å². The van der Waals surface area contributed by atoms with Crippen LogP contribution in [0.25, 0.3) is 22.3 Å². The summed E-state index contributed by atoms with van der Waals surface area (Å²) in [6.45, 7) is 9.04. The van der Waals surface area contributed by atoms with Crippen LogP contribution in [-0.2, 0) is 10.8 Å². The van der Waals surface area contributed by atoms with E-state index in [1.54, 1.807) is 12.1 Å². The Kier molecular flexibility index (Phi) is 5.60. The van der Waals surface area contributed by atoms with E-state index in [2.05, 4.69) is 124 Å². The van der Waals surface area contributed by atoms with Crippen LogP contribution in [0.15, 0.2) is 120 Å². The molecule has 0 radical (unpaired) electrons. The summed E-state index contributed by atoms with van der Waals surface area (Å²) in [5.41, 5.74) is 14.2. The van der Waals surface area contributed by atoms with E-state index in [1.807, 2.05) is 5.38 Å². The first kappa shape index (κ1) is 27.5. The molecule has 1 atom stereocenters. The molecule has 5 aromatic rings. The van der Waals surface area contributed by atoms with Gasteiger partial charge in [-0.1, -0.05) is 91.9 Å². The van der Waals surface area contributed by atoms with Gasteiger partial charge in [0.2, 0.25) is 5.78 Å². The number of carbonyl (C=O) groups is 2. The minimum absolute atomic E-state index is 0.145. The molecule has 1 aliphatic heterocycles. The number of allylic oxidation sites excluding steroid dienone is 4. The van der Waals surface area contributed by atoms with Crippen LogP contribution in [0.1, 0.15) is 82.0 Å². The van der Waals surface area contributed by atoms with Crippen molar-refractivity contribution in [1.29, 1.82) is 0 Å². The third-order valence-electron chi connectivity index (χ3n) is 11.0. The van der Waals surface area contributed by atoms with Crippen molar-refractivity contribution in [2.45, 2.75) is 51.0 Å². The van der Waals surface area contributed by atoms with Gasteiger partial charge < -0.3 is 4.90 Å². The van der Waals surface area contributed by atoms with Crippen LogP contribution < -0.4 is 4.90 Å². The Balaban J connectivity index is 1.33. The summed E-state index contributed by atoms with van der Waals surface area (Å²) in [6.07, 6.45) is 4.74. The molecule has 1 spiro atoms. The predicted octanol–water partition coefficient (Wildman–Crippen LogP) is 9.88. The van der Waals surface area contributed by atoms with E-state index >= 15 is 0 Å². The molecule has 2 heterocycles. The molecule has 0 fully saturated rings. The first-order valence-electron chi connectivity index (χ1n) is 16.2. The van der Waals surface area contributed by atoms with Crippen molar-refractivity contribution >= 4 is 28.6 Å². The fraction of sp³-hybridized carbons (Fsp3) is 0.190. The number of Topliss-reactive ketones (excluding diaryl/α,β-unsaturated/α-hetero) is 2. The number of thiophene rings is 1. The summed E-state index contributed by atoms with van der Waals surface area (Å²) in [6, 6.07) is 33.5. The Morgan fingerprint density at radius 1 is 0.696 bits per heavy atom. The number of fused-ring (bicyclic) bond motifs is 13. The smallest absolute Gasteiger partial charge is 0.207 e. The van der Waals surface area contributed by atoms with Gasteiger partial charge in [0, 0.05) is 28.3 Å². The summed E-state index contributed by atoms with van der Waals surface area (Å²) >= 11 is 1.35. The van der Waals surface area contributed by atoms with Gasteiger partial charge in [-0.25, -0.2) is 0 Å². The van der Waals surface area contributed by atoms with E-state index in [-0.39, 0.29) is 28.6 Å². The van der Waals surface area contributed by atoms with Gasteiger partial charge in [0.25, 0.3) is 0 Å². The number of hydrogen-bond donors (Lipinski definition) is 0. The Labute approximate surface area is 273 Å². The second-order valence-electron chi connectivity index (χ2n) is 13.4. The average Bonchev–Trinajstić information content (AvgIpc) is 3.85. The van der Waals surface area contributed by atoms with Gasteiger partial charge >= 0.3 is 0 Å². The van der Waals surface area contributed by atoms with E-state index in [1.165, 1.54) is 67.1 Å². The van der Waals surface area contributed by atoms with Crippen LogP contribution in [0, 0.1) is 0 Å². The zero-order chi connectivity index (χ0) is 31.5. The first-order valence-corrected chi connectivity index (χ1v) is 17.1. The highest BCUT2D eigenvalue weighted by molar-refractivity contribution is 7.13. The van der Waals surface area contributed by atoms with Crippen LogP contribution in [0.4, 0.5) is 5.69 Å². The molecule has 3 aliphatic carbocycles. The number of benzene rings is 4. The number of carbonyl (C=O) groups excluding carboxylic acids is 2. The van der Waals surface area contributed by atoms with Crippen LogP contribution in [0.2, 0.25) is 0 Å². The normalized spacial score (nSPS) is 21.3. The van der Waals surface area contributed by atoms with Gasteiger partial charge in [0.05, 0.1) is 21.6 Å². The maximum Gasteiger partial charge on any atom is 0.207 e. The summed E-state index contributed by atoms with van der Waals surface area (Å²) in [5.74, 6) is -0.329. The van der Waals surface area contributed by atoms with E-state index in [4.69, 9.17) is 0 Å². The minimum atomic E-state index is -0.409. The zero-order valence-electron chi connectivity index (χ0n) is 26.3. The largest absolute Gasteiger partial charge is 0.341 e. The van der Waals surface area contributed by atoms with E-state index in [0.29, 0.717) is 10.4 Å². The number of anilines is 1. The van der Waals surface area contributed by atoms with Gasteiger partial charge in [0.15, 0.2) is 5.78 Å². The van der Waals surface area contributed by atoms with E-state index in [9.17, 15) is 9.59 Å². The van der Waals surface area contributed by atoms with Gasteiger partial charge in [-0.2, -0.15) is 0 Å². The molecule has 9 rings (SSSR count). The Morgan fingerprint density at radius 3 is 1.89 bits per heavy atom. The summed E-state index contributed by atoms with van der Waals surface area (Å²) in [4.78, 5) is 29.5. The molecule has 0 N–H and O–H groups in total. The maximum absolute atomic E-state index is 13.3. The number of ketones is 2. The van der Waals surface area contributed by atoms with Crippen molar-refractivity contribution in [3.05, 3.63) is 158 Å². The van der Waals surface area contributed by atoms with E-state index < -0.39 is 5.41 Å². The first-order chi connectivity index (χ1) is 22.3. The number of rotatable bonds is 3. The highest BCUT2D eigenvalue weighted by Gasteiger charge is 2.55. The second-order valence-corrected chi connectivity index (χ2v) is 14.3. The van der Waals surface area contributed by atoms with Crippen molar-refractivity contribution in [2.24, 2.45) is 0 Å². The van der Waals surface area contributed by atoms with Crippen LogP contribution in [0.5, 0.6) is 0 Å². The molecule has 1 aromatic heterocycles. The molecular formula is C42H33NO2S. The van der Waals surface area contributed by atoms with Crippen molar-refractivity contribution in [3.63, 3.8) is 0 Å². The number of hydrogen-bond acceptors (Lipinski definition) is 4. The molecule has 4 aliphatic rings. The fourth-order valence-corrected chi connectivity index (χ4v) is 9.75. The Morgan fingerprint density at radius 2 is 1.28 bits per heavy atom. The molecule has 224 valence electrons. The van der Waals surface area contributed by atoms with E-state index in [0.717, 1.165) is 12.1 Å². The lowest BCUT2D eigenvalue weighted by atomic mass is 9.70. The maximum atomic E-state index is 13.3. The van der Waals surface area contributed by atoms with Gasteiger partial charge in [-0.05, 0) is 95.3 Å². The standard InChI is InChI=1S/C42H33NO2S/c1-5-41(4)34-20-19-33-36(37(34)43(24(2)3)35(41)21-18-28-38(44)29-22-23-46-40(29)39(28)45)27-14-8-11-17-32(27)42(33)30-15-9-6-12-25(30)26-13-7-10-16-31(26)42/h6-24H,5H2,1-4H3/b28-18-,35-21-. The SMILES string of the molecule is CCC1(C)/C(=C/C=C2/C(=O)c3ccsc3C2=O)N(C(C)C)c2c1ccc1c2-c2ccccc2C12c1ccccc1-c1ccccc12. The third-order valence-corrected chi connectivity index (χ3v) is 11.9. The summed E-state index contributed by atoms with van der Waals surface area (Å²) in [7, 11) is 0. The molecule has 1 unspecified atom stereocenters. The molecule has 0 saturated heterocycles. The molecule has 0 saturated carbocycles. The van der Waals surface area contributed by atoms with Crippen LogP contribution in [-0.4, -0.2) is 17.6 Å². The molecule has 3 nitrogen and oxygen atoms in total. The highest BCUT2D eigenvalue weighted by atomic mass is 32.1. The van der Waals surface area contributed by atoms with Gasteiger partial charge in [0.1, 0.15) is 0 Å². The van der Waals surface area contributed by atoms with Crippen molar-refractivity contribution in [2.75, 3.05) is 4.90 Å². The molecule has 0 amide bonds. The molecule has 0 bridgehead atoms. The third kappa shape index (κ3) is 3.13. The predicted molar refractivity (Wildman–Crippen MR) is 187 cm³/mol.